The van der Waals surface area contributed by atoms with Gasteiger partial charge in [0.05, 0.1) is 6.61 Å². The van der Waals surface area contributed by atoms with Gasteiger partial charge in [0.15, 0.2) is 0 Å². The van der Waals surface area contributed by atoms with Gasteiger partial charge in [0.1, 0.15) is 6.10 Å². The number of esters is 2. The molecule has 0 saturated heterocycles. The third-order valence-electron chi connectivity index (χ3n) is 10.9. The second-order valence-corrected chi connectivity index (χ2v) is 17.3. The van der Waals surface area contributed by atoms with E-state index in [1.54, 1.807) is 0 Å². The summed E-state index contributed by atoms with van der Waals surface area (Å²) in [7, 11) is 2.19. The molecule has 0 aromatic heterocycles. The van der Waals surface area contributed by atoms with E-state index in [2.05, 4.69) is 39.6 Å². The second-order valence-electron chi connectivity index (χ2n) is 16.1. The third-order valence-corrected chi connectivity index (χ3v) is 12.1. The molecular weight excluding hydrogens is 679 g/mol. The Morgan fingerprint density at radius 2 is 1.06 bits per heavy atom. The first kappa shape index (κ1) is 52.2. The number of carbonyl (C=O) groups excluding carboxylic acids is 2. The lowest BCUT2D eigenvalue weighted by Crippen LogP contribution is -2.32. The molecule has 0 fully saturated rings. The molecule has 0 spiro atoms. The summed E-state index contributed by atoms with van der Waals surface area (Å²) in [6.45, 7) is 10.8. The maximum absolute atomic E-state index is 12.9. The number of hydrogen-bond acceptors (Lipinski definition) is 7. The zero-order chi connectivity index (χ0) is 39.0. The van der Waals surface area contributed by atoms with Crippen LogP contribution in [0.2, 0.25) is 0 Å². The van der Waals surface area contributed by atoms with E-state index in [0.717, 1.165) is 82.3 Å². The molecule has 0 saturated carbocycles. The van der Waals surface area contributed by atoms with E-state index in [1.165, 1.54) is 122 Å². The highest BCUT2D eigenvalue weighted by molar-refractivity contribution is 7.99. The minimum atomic E-state index is -0.0311. The standard InChI is InChI=1S/C46H91NO5S/c1-6-10-14-18-19-21-31-42(30-20-15-11-7-2)40-51-45(49)35-25-23-32-43(47(5)37-27-28-38-48)33-24-26-36-46(50)52-44(34-22-16-12-8-3)41-53-39-29-17-13-9-4/h42-44,48H,6-41H2,1-5H3. The van der Waals surface area contributed by atoms with Gasteiger partial charge in [-0.25, -0.2) is 0 Å². The van der Waals surface area contributed by atoms with Crippen molar-refractivity contribution in [3.63, 3.8) is 0 Å². The summed E-state index contributed by atoms with van der Waals surface area (Å²) in [5.41, 5.74) is 0. The van der Waals surface area contributed by atoms with E-state index < -0.39 is 0 Å². The van der Waals surface area contributed by atoms with Crippen molar-refractivity contribution >= 4 is 23.7 Å². The molecule has 3 atom stereocenters. The summed E-state index contributed by atoms with van der Waals surface area (Å²) < 4.78 is 11.9. The van der Waals surface area contributed by atoms with Crippen molar-refractivity contribution in [2.45, 2.75) is 239 Å². The van der Waals surface area contributed by atoms with Gasteiger partial charge in [-0.05, 0) is 95.9 Å². The zero-order valence-electron chi connectivity index (χ0n) is 36.1. The Hall–Kier alpha value is -0.790. The highest BCUT2D eigenvalue weighted by Gasteiger charge is 2.18. The van der Waals surface area contributed by atoms with Crippen molar-refractivity contribution in [2.75, 3.05) is 38.3 Å². The summed E-state index contributed by atoms with van der Waals surface area (Å²) in [4.78, 5) is 28.1. The zero-order valence-corrected chi connectivity index (χ0v) is 36.9. The Bertz CT molecular complexity index is 783. The maximum atomic E-state index is 12.9. The number of nitrogens with zero attached hydrogens (tertiary/aromatic N) is 1. The summed E-state index contributed by atoms with van der Waals surface area (Å²) in [6.07, 6.45) is 34.9. The summed E-state index contributed by atoms with van der Waals surface area (Å²) in [5.74, 6) is 2.54. The number of unbranched alkanes of at least 4 members (excludes halogenated alkanes) is 17. The lowest BCUT2D eigenvalue weighted by Gasteiger charge is -2.28. The Kier molecular flexibility index (Phi) is 40.3. The Morgan fingerprint density at radius 1 is 0.566 bits per heavy atom. The molecule has 316 valence electrons. The Morgan fingerprint density at radius 3 is 1.64 bits per heavy atom. The van der Waals surface area contributed by atoms with Gasteiger partial charge >= 0.3 is 11.9 Å². The number of aliphatic hydroxyl groups is 1. The molecule has 0 radical (unpaired) electrons. The molecule has 53 heavy (non-hydrogen) atoms. The fraction of sp³-hybridized carbons (Fsp3) is 0.957. The van der Waals surface area contributed by atoms with Crippen molar-refractivity contribution < 1.29 is 24.2 Å². The quantitative estimate of drug-likeness (QED) is 0.0489. The number of aliphatic hydroxyl groups excluding tert-OH is 1. The van der Waals surface area contributed by atoms with Gasteiger partial charge in [-0.1, -0.05) is 143 Å². The van der Waals surface area contributed by atoms with Crippen LogP contribution < -0.4 is 0 Å². The molecule has 0 aliphatic heterocycles. The van der Waals surface area contributed by atoms with E-state index >= 15 is 0 Å². The SMILES string of the molecule is CCCCCCCCC(CCCCCC)COC(=O)CCCCC(CCCCC(=O)OC(CCCCCC)CSCCCCCC)N(C)CCCCO. The molecule has 0 aromatic carbocycles. The number of carbonyl (C=O) groups is 2. The van der Waals surface area contributed by atoms with E-state index in [4.69, 9.17) is 9.47 Å². The molecule has 6 nitrogen and oxygen atoms in total. The fourth-order valence-corrected chi connectivity index (χ4v) is 8.34. The molecule has 3 unspecified atom stereocenters. The van der Waals surface area contributed by atoms with E-state index in [0.29, 0.717) is 31.4 Å². The molecule has 0 heterocycles. The first-order chi connectivity index (χ1) is 25.9. The summed E-state index contributed by atoms with van der Waals surface area (Å²) in [6, 6.07) is 0.418. The van der Waals surface area contributed by atoms with Crippen LogP contribution in [-0.2, 0) is 19.1 Å². The minimum Gasteiger partial charge on any atom is -0.465 e. The topological polar surface area (TPSA) is 76.1 Å². The first-order valence-corrected chi connectivity index (χ1v) is 24.3. The van der Waals surface area contributed by atoms with Crippen molar-refractivity contribution in [1.29, 1.82) is 0 Å². The van der Waals surface area contributed by atoms with Gasteiger partial charge < -0.3 is 19.5 Å². The average molecular weight is 770 g/mol. The number of hydrogen-bond donors (Lipinski definition) is 1. The predicted molar refractivity (Wildman–Crippen MR) is 231 cm³/mol. The molecule has 0 aliphatic rings. The van der Waals surface area contributed by atoms with Gasteiger partial charge in [-0.15, -0.1) is 0 Å². The average Bonchev–Trinajstić information content (AvgIpc) is 3.15. The number of thioether (sulfide) groups is 1. The third kappa shape index (κ3) is 35.4. The van der Waals surface area contributed by atoms with Gasteiger partial charge in [-0.3, -0.25) is 9.59 Å². The molecular formula is C46H91NO5S. The van der Waals surface area contributed by atoms with E-state index in [-0.39, 0.29) is 24.6 Å². The van der Waals surface area contributed by atoms with Gasteiger partial charge in [0, 0.05) is 31.2 Å². The van der Waals surface area contributed by atoms with Crippen molar-refractivity contribution in [3.8, 4) is 0 Å². The normalized spacial score (nSPS) is 13.3. The summed E-state index contributed by atoms with van der Waals surface area (Å²) in [5, 5.41) is 9.31. The smallest absolute Gasteiger partial charge is 0.306 e. The first-order valence-electron chi connectivity index (χ1n) is 23.1. The molecule has 7 heteroatoms. The van der Waals surface area contributed by atoms with E-state index in [9.17, 15) is 14.7 Å². The van der Waals surface area contributed by atoms with Crippen LogP contribution in [0.25, 0.3) is 0 Å². The monoisotopic (exact) mass is 770 g/mol. The van der Waals surface area contributed by atoms with Crippen LogP contribution in [0.4, 0.5) is 0 Å². The van der Waals surface area contributed by atoms with Crippen molar-refractivity contribution in [1.82, 2.24) is 4.90 Å². The van der Waals surface area contributed by atoms with Crippen molar-refractivity contribution in [3.05, 3.63) is 0 Å². The molecule has 0 rings (SSSR count). The largest absolute Gasteiger partial charge is 0.465 e. The van der Waals surface area contributed by atoms with Crippen LogP contribution in [0, 0.1) is 5.92 Å². The lowest BCUT2D eigenvalue weighted by molar-refractivity contribution is -0.148. The predicted octanol–water partition coefficient (Wildman–Crippen LogP) is 13.3. The second kappa shape index (κ2) is 40.9. The van der Waals surface area contributed by atoms with Crippen LogP contribution in [0.3, 0.4) is 0 Å². The number of rotatable bonds is 42. The van der Waals surface area contributed by atoms with Crippen LogP contribution in [0.5, 0.6) is 0 Å². The molecule has 0 aromatic rings. The molecule has 0 amide bonds. The fourth-order valence-electron chi connectivity index (χ4n) is 7.27. The number of ether oxygens (including phenoxy) is 2. The van der Waals surface area contributed by atoms with Crippen LogP contribution >= 0.6 is 11.8 Å². The Labute approximate surface area is 334 Å². The lowest BCUT2D eigenvalue weighted by atomic mass is 9.95. The molecule has 0 aliphatic carbocycles. The highest BCUT2D eigenvalue weighted by Crippen LogP contribution is 2.22. The van der Waals surface area contributed by atoms with Gasteiger partial charge in [-0.2, -0.15) is 11.8 Å². The Balaban J connectivity index is 4.73. The summed E-state index contributed by atoms with van der Waals surface area (Å²) >= 11 is 1.96. The molecule has 1 N–H and O–H groups in total. The van der Waals surface area contributed by atoms with Gasteiger partial charge in [0.25, 0.3) is 0 Å². The minimum absolute atomic E-state index is 0.0291. The highest BCUT2D eigenvalue weighted by atomic mass is 32.2. The maximum Gasteiger partial charge on any atom is 0.306 e. The van der Waals surface area contributed by atoms with Gasteiger partial charge in [0.2, 0.25) is 0 Å². The van der Waals surface area contributed by atoms with Crippen LogP contribution in [0.1, 0.15) is 227 Å². The molecule has 0 bridgehead atoms. The van der Waals surface area contributed by atoms with Crippen LogP contribution in [0.15, 0.2) is 0 Å². The van der Waals surface area contributed by atoms with E-state index in [1.807, 2.05) is 11.8 Å². The van der Waals surface area contributed by atoms with Crippen molar-refractivity contribution in [2.24, 2.45) is 5.92 Å². The van der Waals surface area contributed by atoms with Crippen LogP contribution in [-0.4, -0.2) is 72.4 Å².